The van der Waals surface area contributed by atoms with Crippen molar-refractivity contribution in [2.45, 2.75) is 83.1 Å². The van der Waals surface area contributed by atoms with Crippen molar-refractivity contribution in [3.05, 3.63) is 82.9 Å². The summed E-state index contributed by atoms with van der Waals surface area (Å²) in [4.78, 5) is 54.0. The second kappa shape index (κ2) is 15.6. The van der Waals surface area contributed by atoms with E-state index in [9.17, 15) is 28.0 Å². The third-order valence-corrected chi connectivity index (χ3v) is 8.98. The number of nitrogens with one attached hydrogen (secondary N) is 1. The van der Waals surface area contributed by atoms with Gasteiger partial charge in [-0.05, 0) is 74.1 Å². The molecule has 0 bridgehead atoms. The predicted molar refractivity (Wildman–Crippen MR) is 174 cm³/mol. The van der Waals surface area contributed by atoms with Gasteiger partial charge in [0.15, 0.2) is 17.4 Å². The van der Waals surface area contributed by atoms with Crippen LogP contribution in [0.4, 0.5) is 19.3 Å². The number of fused-ring (bicyclic) bond motifs is 1. The van der Waals surface area contributed by atoms with E-state index in [-0.39, 0.29) is 48.9 Å². The molecule has 1 saturated carbocycles. The summed E-state index contributed by atoms with van der Waals surface area (Å²) in [5, 5.41) is 2.64. The summed E-state index contributed by atoms with van der Waals surface area (Å²) >= 11 is 0. The molecule has 2 atom stereocenters. The van der Waals surface area contributed by atoms with Crippen molar-refractivity contribution in [2.75, 3.05) is 18.5 Å². The molecule has 3 aromatic rings. The minimum atomic E-state index is -1.03. The number of ketones is 2. The lowest BCUT2D eigenvalue weighted by molar-refractivity contribution is -0.124. The molecule has 1 aliphatic carbocycles. The minimum absolute atomic E-state index is 0.0385. The molecule has 10 nitrogen and oxygen atoms in total. The van der Waals surface area contributed by atoms with Gasteiger partial charge in [-0.3, -0.25) is 19.7 Å². The number of benzene rings is 3. The molecular weight excluding hydrogens is 638 g/mol. The molecule has 6 rings (SSSR count). The summed E-state index contributed by atoms with van der Waals surface area (Å²) < 4.78 is 50.0. The van der Waals surface area contributed by atoms with E-state index in [1.54, 1.807) is 41.3 Å². The lowest BCUT2D eigenvalue weighted by Crippen LogP contribution is -2.41. The number of amides is 2. The molecule has 2 amide bonds. The highest BCUT2D eigenvalue weighted by Crippen LogP contribution is 2.38. The summed E-state index contributed by atoms with van der Waals surface area (Å²) in [5.74, 6) is -1.49. The van der Waals surface area contributed by atoms with Crippen LogP contribution in [0.3, 0.4) is 0 Å². The number of nitrogens with zero attached hydrogens (tertiary/aromatic N) is 1. The van der Waals surface area contributed by atoms with Gasteiger partial charge in [0, 0.05) is 56.2 Å². The second-order valence-electron chi connectivity index (χ2n) is 12.5. The first-order valence-electron chi connectivity index (χ1n) is 16.7. The van der Waals surface area contributed by atoms with Gasteiger partial charge >= 0.3 is 6.09 Å². The van der Waals surface area contributed by atoms with Crippen molar-refractivity contribution in [1.29, 1.82) is 0 Å². The van der Waals surface area contributed by atoms with Crippen LogP contribution in [0.5, 0.6) is 17.2 Å². The molecule has 49 heavy (non-hydrogen) atoms. The fraction of sp³-hybridized carbons (Fsp3) is 0.405. The molecule has 2 heterocycles. The van der Waals surface area contributed by atoms with Crippen LogP contribution in [0.1, 0.15) is 79.3 Å². The first-order chi connectivity index (χ1) is 23.7. The van der Waals surface area contributed by atoms with Crippen molar-refractivity contribution in [1.82, 2.24) is 4.90 Å². The average Bonchev–Trinajstić information content (AvgIpc) is 3.25. The van der Waals surface area contributed by atoms with E-state index in [0.717, 1.165) is 25.0 Å². The van der Waals surface area contributed by atoms with Crippen molar-refractivity contribution in [2.24, 2.45) is 0 Å². The Balaban J connectivity index is 1.16. The maximum Gasteiger partial charge on any atom is 0.411 e. The molecule has 258 valence electrons. The van der Waals surface area contributed by atoms with Crippen LogP contribution in [0.2, 0.25) is 0 Å². The number of halogens is 2. The largest absolute Gasteiger partial charge is 0.489 e. The first kappa shape index (κ1) is 34.0. The zero-order chi connectivity index (χ0) is 34.3. The van der Waals surface area contributed by atoms with Crippen LogP contribution in [-0.2, 0) is 32.2 Å². The van der Waals surface area contributed by atoms with E-state index in [4.69, 9.17) is 18.9 Å². The van der Waals surface area contributed by atoms with Gasteiger partial charge < -0.3 is 23.8 Å². The van der Waals surface area contributed by atoms with Crippen LogP contribution >= 0.6 is 0 Å². The number of carbonyl (C=O) groups excluding carboxylic acids is 4. The Bertz CT molecular complexity index is 1710. The van der Waals surface area contributed by atoms with E-state index in [1.807, 2.05) is 0 Å². The highest BCUT2D eigenvalue weighted by Gasteiger charge is 2.39. The smallest absolute Gasteiger partial charge is 0.411 e. The quantitative estimate of drug-likeness (QED) is 0.265. The lowest BCUT2D eigenvalue weighted by atomic mass is 10.0. The van der Waals surface area contributed by atoms with Crippen molar-refractivity contribution < 1.29 is 46.9 Å². The van der Waals surface area contributed by atoms with Crippen LogP contribution in [0, 0.1) is 11.6 Å². The SMILES string of the molecule is O=C1CCCCC(=O)C(N2Cc3ccc(COC(=O)Nc4ccc(Oc5ccc(F)c(F)c5)cc4)c(OC4CCCOCC4)c3C2=O)CC1. The maximum atomic E-state index is 14.1. The fourth-order valence-electron chi connectivity index (χ4n) is 6.37. The summed E-state index contributed by atoms with van der Waals surface area (Å²) in [7, 11) is 0. The Hall–Kier alpha value is -4.84. The molecule has 0 aromatic heterocycles. The van der Waals surface area contributed by atoms with Crippen LogP contribution in [-0.4, -0.2) is 53.8 Å². The predicted octanol–water partition coefficient (Wildman–Crippen LogP) is 7.27. The van der Waals surface area contributed by atoms with Gasteiger partial charge in [0.25, 0.3) is 5.91 Å². The molecule has 2 fully saturated rings. The zero-order valence-corrected chi connectivity index (χ0v) is 27.0. The summed E-state index contributed by atoms with van der Waals surface area (Å²) in [6.45, 7) is 1.17. The van der Waals surface area contributed by atoms with Gasteiger partial charge in [-0.2, -0.15) is 0 Å². The number of Topliss-reactive ketones (excluding diaryl/α,β-unsaturated/α-hetero) is 2. The third kappa shape index (κ3) is 8.43. The van der Waals surface area contributed by atoms with Crippen LogP contribution < -0.4 is 14.8 Å². The zero-order valence-electron chi connectivity index (χ0n) is 27.0. The van der Waals surface area contributed by atoms with Crippen molar-refractivity contribution in [3.8, 4) is 17.2 Å². The van der Waals surface area contributed by atoms with Gasteiger partial charge in [-0.15, -0.1) is 0 Å². The molecule has 1 saturated heterocycles. The molecule has 3 aromatic carbocycles. The third-order valence-electron chi connectivity index (χ3n) is 8.98. The Morgan fingerprint density at radius 2 is 1.65 bits per heavy atom. The molecule has 2 unspecified atom stereocenters. The molecule has 1 N–H and O–H groups in total. The van der Waals surface area contributed by atoms with E-state index in [1.165, 1.54) is 6.07 Å². The number of hydrogen-bond donors (Lipinski definition) is 1. The maximum absolute atomic E-state index is 14.1. The molecule has 2 aliphatic heterocycles. The van der Waals surface area contributed by atoms with Gasteiger partial charge in [-0.25, -0.2) is 13.6 Å². The van der Waals surface area contributed by atoms with Crippen molar-refractivity contribution >= 4 is 29.3 Å². The monoisotopic (exact) mass is 676 g/mol. The number of anilines is 1. The Kier molecular flexibility index (Phi) is 10.8. The molecule has 0 spiro atoms. The van der Waals surface area contributed by atoms with E-state index < -0.39 is 23.8 Å². The number of carbonyl (C=O) groups is 4. The standard InChI is InChI=1S/C37H38F2N2O8/c38-30-15-14-29(20-31(30)39)48-28-12-9-25(10-13-28)40-37(45)47-22-24-8-7-23-21-41(32-16-11-26(42)4-1-2-6-33(32)43)36(44)34(23)35(24)49-27-5-3-18-46-19-17-27/h7-10,12-15,20,27,32H,1-6,11,16-19,21-22H2,(H,40,45). The topological polar surface area (TPSA) is 120 Å². The number of hydrogen-bond acceptors (Lipinski definition) is 8. The summed E-state index contributed by atoms with van der Waals surface area (Å²) in [6.07, 6.45) is 3.78. The van der Waals surface area contributed by atoms with Gasteiger partial charge in [0.2, 0.25) is 0 Å². The highest BCUT2D eigenvalue weighted by atomic mass is 19.2. The summed E-state index contributed by atoms with van der Waals surface area (Å²) in [6, 6.07) is 12.3. The van der Waals surface area contributed by atoms with E-state index in [0.29, 0.717) is 85.6 Å². The molecule has 0 radical (unpaired) electrons. The van der Waals surface area contributed by atoms with Gasteiger partial charge in [-0.1, -0.05) is 12.1 Å². The minimum Gasteiger partial charge on any atom is -0.489 e. The second-order valence-corrected chi connectivity index (χ2v) is 12.5. The van der Waals surface area contributed by atoms with E-state index >= 15 is 0 Å². The first-order valence-corrected chi connectivity index (χ1v) is 16.7. The van der Waals surface area contributed by atoms with Crippen LogP contribution in [0.25, 0.3) is 0 Å². The normalized spacial score (nSPS) is 20.0. The van der Waals surface area contributed by atoms with Gasteiger partial charge in [0.05, 0.1) is 18.2 Å². The lowest BCUT2D eigenvalue weighted by Gasteiger charge is -2.26. The average molecular weight is 677 g/mol. The fourth-order valence-corrected chi connectivity index (χ4v) is 6.37. The Morgan fingerprint density at radius 3 is 2.47 bits per heavy atom. The highest BCUT2D eigenvalue weighted by molar-refractivity contribution is 6.04. The number of rotatable bonds is 8. The summed E-state index contributed by atoms with van der Waals surface area (Å²) in [5.41, 5.74) is 1.96. The van der Waals surface area contributed by atoms with E-state index in [2.05, 4.69) is 5.32 Å². The van der Waals surface area contributed by atoms with Gasteiger partial charge in [0.1, 0.15) is 35.7 Å². The Morgan fingerprint density at radius 1 is 0.857 bits per heavy atom. The molecule has 12 heteroatoms. The molecule has 3 aliphatic rings. The van der Waals surface area contributed by atoms with Crippen LogP contribution in [0.15, 0.2) is 54.6 Å². The molecular formula is C37H38F2N2O8. The number of ether oxygens (including phenoxy) is 4. The Labute approximate surface area is 282 Å². The van der Waals surface area contributed by atoms with Crippen molar-refractivity contribution in [3.63, 3.8) is 0 Å².